The van der Waals surface area contributed by atoms with E-state index in [-0.39, 0.29) is 42.1 Å². The first-order chi connectivity index (χ1) is 12.1. The topological polar surface area (TPSA) is 96.2 Å². The minimum atomic E-state index is -0.343. The van der Waals surface area contributed by atoms with Crippen molar-refractivity contribution in [3.63, 3.8) is 0 Å². The SMILES string of the molecule is CN=C(NCCNC(=O)Cc1cccc(F)c1)NCc1ncnn1C.I. The van der Waals surface area contributed by atoms with E-state index in [2.05, 4.69) is 31.0 Å². The maximum atomic E-state index is 13.1. The minimum absolute atomic E-state index is 0. The number of carbonyl (C=O) groups excluding carboxylic acids is 1. The molecule has 26 heavy (non-hydrogen) atoms. The summed E-state index contributed by atoms with van der Waals surface area (Å²) in [5.74, 6) is 0.882. The molecule has 1 aromatic heterocycles. The van der Waals surface area contributed by atoms with Crippen molar-refractivity contribution in [2.24, 2.45) is 12.0 Å². The van der Waals surface area contributed by atoms with E-state index in [1.165, 1.54) is 18.5 Å². The van der Waals surface area contributed by atoms with Gasteiger partial charge in [0.05, 0.1) is 13.0 Å². The van der Waals surface area contributed by atoms with Gasteiger partial charge in [0.15, 0.2) is 5.96 Å². The fourth-order valence-electron chi connectivity index (χ4n) is 2.14. The van der Waals surface area contributed by atoms with Crippen molar-refractivity contribution in [3.05, 3.63) is 47.8 Å². The van der Waals surface area contributed by atoms with E-state index in [0.29, 0.717) is 31.2 Å². The molecule has 8 nitrogen and oxygen atoms in total. The number of nitrogens with one attached hydrogen (secondary N) is 3. The van der Waals surface area contributed by atoms with Crippen LogP contribution in [0.3, 0.4) is 0 Å². The fourth-order valence-corrected chi connectivity index (χ4v) is 2.14. The van der Waals surface area contributed by atoms with Crippen LogP contribution >= 0.6 is 24.0 Å². The summed E-state index contributed by atoms with van der Waals surface area (Å²) in [5, 5.41) is 13.0. The van der Waals surface area contributed by atoms with Crippen LogP contribution in [0.15, 0.2) is 35.6 Å². The van der Waals surface area contributed by atoms with Gasteiger partial charge in [-0.1, -0.05) is 12.1 Å². The largest absolute Gasteiger partial charge is 0.355 e. The van der Waals surface area contributed by atoms with Gasteiger partial charge in [0.1, 0.15) is 18.0 Å². The molecule has 0 radical (unpaired) electrons. The monoisotopic (exact) mass is 475 g/mol. The van der Waals surface area contributed by atoms with Crippen LogP contribution in [0.25, 0.3) is 0 Å². The molecule has 0 saturated carbocycles. The Hall–Kier alpha value is -2.24. The lowest BCUT2D eigenvalue weighted by atomic mass is 10.1. The Morgan fingerprint density at radius 2 is 2.04 bits per heavy atom. The van der Waals surface area contributed by atoms with Crippen molar-refractivity contribution in [2.45, 2.75) is 13.0 Å². The molecule has 3 N–H and O–H groups in total. The number of halogens is 2. The number of hydrogen-bond acceptors (Lipinski definition) is 4. The summed E-state index contributed by atoms with van der Waals surface area (Å²) in [6.07, 6.45) is 1.64. The van der Waals surface area contributed by atoms with Gasteiger partial charge in [-0.2, -0.15) is 5.10 Å². The molecular weight excluding hydrogens is 452 g/mol. The molecule has 0 aliphatic carbocycles. The summed E-state index contributed by atoms with van der Waals surface area (Å²) in [6, 6.07) is 6.02. The summed E-state index contributed by atoms with van der Waals surface area (Å²) < 4.78 is 14.8. The number of aromatic nitrogens is 3. The van der Waals surface area contributed by atoms with Gasteiger partial charge in [0.2, 0.25) is 5.91 Å². The molecule has 10 heteroatoms. The number of carbonyl (C=O) groups is 1. The van der Waals surface area contributed by atoms with Crippen molar-refractivity contribution < 1.29 is 9.18 Å². The molecule has 1 amide bonds. The van der Waals surface area contributed by atoms with E-state index in [0.717, 1.165) is 5.82 Å². The van der Waals surface area contributed by atoms with Crippen LogP contribution in [-0.2, 0) is 24.8 Å². The Labute approximate surface area is 168 Å². The van der Waals surface area contributed by atoms with Crippen molar-refractivity contribution in [1.29, 1.82) is 0 Å². The lowest BCUT2D eigenvalue weighted by molar-refractivity contribution is -0.120. The molecule has 0 bridgehead atoms. The predicted octanol–water partition coefficient (Wildman–Crippen LogP) is 0.596. The van der Waals surface area contributed by atoms with Crippen molar-refractivity contribution in [1.82, 2.24) is 30.7 Å². The van der Waals surface area contributed by atoms with Crippen LogP contribution in [0, 0.1) is 5.82 Å². The molecule has 142 valence electrons. The zero-order valence-corrected chi connectivity index (χ0v) is 17.0. The second-order valence-corrected chi connectivity index (χ2v) is 5.31. The second kappa shape index (κ2) is 11.4. The Kier molecular flexibility index (Phi) is 9.55. The van der Waals surface area contributed by atoms with E-state index < -0.39 is 0 Å². The number of aliphatic imine (C=N–C) groups is 1. The van der Waals surface area contributed by atoms with Gasteiger partial charge < -0.3 is 16.0 Å². The number of hydrogen-bond donors (Lipinski definition) is 3. The number of rotatable bonds is 7. The third-order valence-electron chi connectivity index (χ3n) is 3.44. The summed E-state index contributed by atoms with van der Waals surface area (Å²) in [7, 11) is 3.48. The maximum absolute atomic E-state index is 13.1. The van der Waals surface area contributed by atoms with Crippen molar-refractivity contribution >= 4 is 35.8 Å². The van der Waals surface area contributed by atoms with E-state index >= 15 is 0 Å². The number of nitrogens with zero attached hydrogens (tertiary/aromatic N) is 4. The van der Waals surface area contributed by atoms with E-state index in [1.54, 1.807) is 23.9 Å². The first-order valence-electron chi connectivity index (χ1n) is 7.87. The van der Waals surface area contributed by atoms with Crippen LogP contribution in [0.2, 0.25) is 0 Å². The molecule has 1 heterocycles. The zero-order chi connectivity index (χ0) is 18.1. The quantitative estimate of drug-likeness (QED) is 0.236. The Morgan fingerprint density at radius 1 is 1.27 bits per heavy atom. The van der Waals surface area contributed by atoms with Gasteiger partial charge in [-0.05, 0) is 17.7 Å². The third-order valence-corrected chi connectivity index (χ3v) is 3.44. The summed E-state index contributed by atoms with van der Waals surface area (Å²) in [5.41, 5.74) is 0.645. The highest BCUT2D eigenvalue weighted by molar-refractivity contribution is 14.0. The van der Waals surface area contributed by atoms with Crippen molar-refractivity contribution in [3.8, 4) is 0 Å². The molecule has 0 spiro atoms. The minimum Gasteiger partial charge on any atom is -0.355 e. The average molecular weight is 475 g/mol. The van der Waals surface area contributed by atoms with Gasteiger partial charge in [-0.15, -0.1) is 24.0 Å². The molecule has 0 atom stereocenters. The van der Waals surface area contributed by atoms with E-state index in [1.807, 2.05) is 7.05 Å². The number of amides is 1. The van der Waals surface area contributed by atoms with Gasteiger partial charge in [0, 0.05) is 27.2 Å². The van der Waals surface area contributed by atoms with Crippen LogP contribution in [0.5, 0.6) is 0 Å². The summed E-state index contributed by atoms with van der Waals surface area (Å²) in [6.45, 7) is 1.42. The Bertz CT molecular complexity index is 735. The molecule has 0 saturated heterocycles. The highest BCUT2D eigenvalue weighted by Crippen LogP contribution is 2.03. The Balaban J connectivity index is 0.00000338. The zero-order valence-electron chi connectivity index (χ0n) is 14.7. The molecular formula is C16H23FIN7O. The number of guanidine groups is 1. The van der Waals surface area contributed by atoms with Crippen LogP contribution in [0.4, 0.5) is 4.39 Å². The molecule has 2 rings (SSSR count). The first kappa shape index (κ1) is 21.8. The lowest BCUT2D eigenvalue weighted by Crippen LogP contribution is -2.41. The average Bonchev–Trinajstić information content (AvgIpc) is 2.99. The summed E-state index contributed by atoms with van der Waals surface area (Å²) in [4.78, 5) is 20.0. The fraction of sp³-hybridized carbons (Fsp3) is 0.375. The van der Waals surface area contributed by atoms with Crippen LogP contribution in [-0.4, -0.2) is 46.8 Å². The van der Waals surface area contributed by atoms with E-state index in [9.17, 15) is 9.18 Å². The van der Waals surface area contributed by atoms with Crippen LogP contribution in [0.1, 0.15) is 11.4 Å². The van der Waals surface area contributed by atoms with Gasteiger partial charge >= 0.3 is 0 Å². The molecule has 0 fully saturated rings. The lowest BCUT2D eigenvalue weighted by Gasteiger charge is -2.12. The standard InChI is InChI=1S/C16H22FN7O.HI/c1-18-16(21-10-14-22-11-23-24(14)2)20-7-6-19-15(25)9-12-4-3-5-13(17)8-12;/h3-5,8,11H,6-7,9-10H2,1-2H3,(H,19,25)(H2,18,20,21);1H. The Morgan fingerprint density at radius 3 is 2.69 bits per heavy atom. The third kappa shape index (κ3) is 7.33. The first-order valence-corrected chi connectivity index (χ1v) is 7.87. The van der Waals surface area contributed by atoms with Crippen LogP contribution < -0.4 is 16.0 Å². The smallest absolute Gasteiger partial charge is 0.224 e. The maximum Gasteiger partial charge on any atom is 0.224 e. The van der Waals surface area contributed by atoms with Gasteiger partial charge in [-0.25, -0.2) is 9.37 Å². The molecule has 0 unspecified atom stereocenters. The molecule has 0 aliphatic rings. The molecule has 1 aromatic carbocycles. The molecule has 0 aliphatic heterocycles. The molecule has 2 aromatic rings. The second-order valence-electron chi connectivity index (χ2n) is 5.31. The highest BCUT2D eigenvalue weighted by Gasteiger charge is 2.05. The summed E-state index contributed by atoms with van der Waals surface area (Å²) >= 11 is 0. The van der Waals surface area contributed by atoms with Crippen molar-refractivity contribution in [2.75, 3.05) is 20.1 Å². The predicted molar refractivity (Wildman–Crippen MR) is 108 cm³/mol. The highest BCUT2D eigenvalue weighted by atomic mass is 127. The van der Waals surface area contributed by atoms with Gasteiger partial charge in [-0.3, -0.25) is 14.5 Å². The number of aryl methyl sites for hydroxylation is 1. The van der Waals surface area contributed by atoms with Gasteiger partial charge in [0.25, 0.3) is 0 Å². The normalized spacial score (nSPS) is 10.8. The number of benzene rings is 1. The van der Waals surface area contributed by atoms with E-state index in [4.69, 9.17) is 0 Å².